The lowest BCUT2D eigenvalue weighted by Crippen LogP contribution is -2.47. The molecule has 20 heavy (non-hydrogen) atoms. The van der Waals surface area contributed by atoms with Gasteiger partial charge in [0.1, 0.15) is 0 Å². The van der Waals surface area contributed by atoms with E-state index in [-0.39, 0.29) is 10.8 Å². The van der Waals surface area contributed by atoms with Crippen LogP contribution in [-0.4, -0.2) is 49.1 Å². The molecule has 1 saturated heterocycles. The molecule has 0 aliphatic carbocycles. The van der Waals surface area contributed by atoms with Crippen LogP contribution in [0, 0.1) is 0 Å². The Morgan fingerprint density at radius 3 is 3.05 bits per heavy atom. The maximum Gasteiger partial charge on any atom is 0.324 e. The first-order chi connectivity index (χ1) is 9.53. The lowest BCUT2D eigenvalue weighted by Gasteiger charge is -2.37. The maximum absolute atomic E-state index is 12.2. The largest absolute Gasteiger partial charge is 0.324 e. The summed E-state index contributed by atoms with van der Waals surface area (Å²) in [5, 5.41) is 7.00. The zero-order valence-electron chi connectivity index (χ0n) is 11.5. The van der Waals surface area contributed by atoms with Crippen LogP contribution in [0.2, 0.25) is 0 Å². The molecular formula is C13H17N5OS. The Kier molecular flexibility index (Phi) is 3.29. The Balaban J connectivity index is 1.72. The average Bonchev–Trinajstić information content (AvgIpc) is 2.79. The van der Waals surface area contributed by atoms with Gasteiger partial charge in [-0.15, -0.1) is 5.10 Å². The van der Waals surface area contributed by atoms with Crippen LogP contribution in [0.15, 0.2) is 24.4 Å². The lowest BCUT2D eigenvalue weighted by molar-refractivity contribution is 0.208. The highest BCUT2D eigenvalue weighted by atomic mass is 32.2. The third kappa shape index (κ3) is 2.72. The van der Waals surface area contributed by atoms with Crippen molar-refractivity contribution < 1.29 is 4.79 Å². The van der Waals surface area contributed by atoms with Crippen molar-refractivity contribution in [2.45, 2.75) is 18.6 Å². The van der Waals surface area contributed by atoms with Crippen molar-refractivity contribution in [2.24, 2.45) is 0 Å². The molecule has 3 heterocycles. The molecule has 1 N–H and O–H groups in total. The number of pyridine rings is 1. The van der Waals surface area contributed by atoms with E-state index >= 15 is 0 Å². The van der Waals surface area contributed by atoms with Crippen LogP contribution in [0.25, 0.3) is 5.65 Å². The van der Waals surface area contributed by atoms with Gasteiger partial charge in [-0.1, -0.05) is 6.07 Å². The summed E-state index contributed by atoms with van der Waals surface area (Å²) in [6, 6.07) is 5.48. The predicted octanol–water partition coefficient (Wildman–Crippen LogP) is 2.09. The number of nitrogens with one attached hydrogen (secondary N) is 1. The molecule has 3 rings (SSSR count). The fourth-order valence-electron chi connectivity index (χ4n) is 2.25. The second-order valence-corrected chi connectivity index (χ2v) is 7.20. The van der Waals surface area contributed by atoms with Crippen LogP contribution in [0.5, 0.6) is 0 Å². The molecule has 0 spiro atoms. The molecule has 0 atom stereocenters. The highest BCUT2D eigenvalue weighted by Gasteiger charge is 2.30. The van der Waals surface area contributed by atoms with Crippen LogP contribution in [0.4, 0.5) is 10.7 Å². The number of carbonyl (C=O) groups is 1. The predicted molar refractivity (Wildman–Crippen MR) is 80.1 cm³/mol. The van der Waals surface area contributed by atoms with E-state index in [4.69, 9.17) is 0 Å². The third-order valence-electron chi connectivity index (χ3n) is 3.17. The number of thioether (sulfide) groups is 1. The minimum Gasteiger partial charge on any atom is -0.322 e. The smallest absolute Gasteiger partial charge is 0.322 e. The molecule has 1 aliphatic rings. The van der Waals surface area contributed by atoms with Crippen LogP contribution in [0.1, 0.15) is 13.8 Å². The summed E-state index contributed by atoms with van der Waals surface area (Å²) in [6.07, 6.45) is 1.80. The standard InChI is InChI=1S/C13H17N5OS/c1-13(2)9-17(7-8-20-13)12(19)15-11-14-10-5-3-4-6-18(10)16-11/h3-6H,7-9H2,1-2H3,(H,15,16,19). The first-order valence-corrected chi connectivity index (χ1v) is 7.53. The highest BCUT2D eigenvalue weighted by molar-refractivity contribution is 8.00. The van der Waals surface area contributed by atoms with Crippen molar-refractivity contribution in [1.82, 2.24) is 19.5 Å². The molecule has 0 bridgehead atoms. The Hall–Kier alpha value is -1.76. The van der Waals surface area contributed by atoms with Gasteiger partial charge < -0.3 is 4.90 Å². The van der Waals surface area contributed by atoms with Crippen molar-refractivity contribution in [3.05, 3.63) is 24.4 Å². The summed E-state index contributed by atoms with van der Waals surface area (Å²) < 4.78 is 1.74. The van der Waals surface area contributed by atoms with E-state index in [1.54, 1.807) is 10.7 Å². The number of rotatable bonds is 1. The van der Waals surface area contributed by atoms with Gasteiger partial charge in [0.05, 0.1) is 0 Å². The van der Waals surface area contributed by atoms with Gasteiger partial charge >= 0.3 is 6.03 Å². The summed E-state index contributed by atoms with van der Waals surface area (Å²) in [7, 11) is 0. The summed E-state index contributed by atoms with van der Waals surface area (Å²) in [6.45, 7) is 5.80. The first-order valence-electron chi connectivity index (χ1n) is 6.55. The Morgan fingerprint density at radius 1 is 1.45 bits per heavy atom. The van der Waals surface area contributed by atoms with E-state index in [1.165, 1.54) is 0 Å². The summed E-state index contributed by atoms with van der Waals surface area (Å²) in [4.78, 5) is 18.3. The minimum absolute atomic E-state index is 0.0991. The van der Waals surface area contributed by atoms with Crippen LogP contribution in [-0.2, 0) is 0 Å². The number of fused-ring (bicyclic) bond motifs is 1. The van der Waals surface area contributed by atoms with Crippen molar-refractivity contribution in [2.75, 3.05) is 24.2 Å². The molecule has 1 fully saturated rings. The van der Waals surface area contributed by atoms with E-state index in [1.807, 2.05) is 34.9 Å². The molecule has 7 heteroatoms. The molecule has 6 nitrogen and oxygen atoms in total. The molecular weight excluding hydrogens is 274 g/mol. The molecule has 0 radical (unpaired) electrons. The maximum atomic E-state index is 12.2. The Labute approximate surface area is 121 Å². The molecule has 2 aromatic rings. The number of nitrogens with zero attached hydrogens (tertiary/aromatic N) is 4. The van der Waals surface area contributed by atoms with Gasteiger partial charge in [-0.3, -0.25) is 5.32 Å². The van der Waals surface area contributed by atoms with Gasteiger partial charge in [-0.2, -0.15) is 16.7 Å². The molecule has 106 valence electrons. The van der Waals surface area contributed by atoms with Gasteiger partial charge in [0.15, 0.2) is 5.65 Å². The topological polar surface area (TPSA) is 62.5 Å². The van der Waals surface area contributed by atoms with E-state index in [0.29, 0.717) is 5.95 Å². The van der Waals surface area contributed by atoms with E-state index < -0.39 is 0 Å². The average molecular weight is 291 g/mol. The third-order valence-corrected chi connectivity index (χ3v) is 4.47. The van der Waals surface area contributed by atoms with Crippen molar-refractivity contribution in [3.63, 3.8) is 0 Å². The van der Waals surface area contributed by atoms with Crippen LogP contribution >= 0.6 is 11.8 Å². The Morgan fingerprint density at radius 2 is 2.30 bits per heavy atom. The summed E-state index contributed by atoms with van der Waals surface area (Å²) in [5.74, 6) is 1.30. The summed E-state index contributed by atoms with van der Waals surface area (Å²) >= 11 is 1.89. The van der Waals surface area contributed by atoms with Gasteiger partial charge in [0, 0.05) is 29.8 Å². The lowest BCUT2D eigenvalue weighted by atomic mass is 10.2. The minimum atomic E-state index is -0.130. The quantitative estimate of drug-likeness (QED) is 0.874. The second kappa shape index (κ2) is 4.97. The zero-order valence-corrected chi connectivity index (χ0v) is 12.4. The highest BCUT2D eigenvalue weighted by Crippen LogP contribution is 2.29. The SMILES string of the molecule is CC1(C)CN(C(=O)Nc2nc3ccccn3n2)CCS1. The monoisotopic (exact) mass is 291 g/mol. The molecule has 2 amide bonds. The number of anilines is 1. The summed E-state index contributed by atoms with van der Waals surface area (Å²) in [5.41, 5.74) is 0.720. The van der Waals surface area contributed by atoms with E-state index in [2.05, 4.69) is 29.2 Å². The van der Waals surface area contributed by atoms with E-state index in [0.717, 1.165) is 24.5 Å². The first kappa shape index (κ1) is 13.2. The van der Waals surface area contributed by atoms with Gasteiger partial charge in [-0.05, 0) is 26.0 Å². The zero-order chi connectivity index (χ0) is 14.2. The number of aromatic nitrogens is 3. The van der Waals surface area contributed by atoms with Crippen LogP contribution < -0.4 is 5.32 Å². The van der Waals surface area contributed by atoms with Crippen molar-refractivity contribution in [3.8, 4) is 0 Å². The second-order valence-electron chi connectivity index (χ2n) is 5.40. The van der Waals surface area contributed by atoms with E-state index in [9.17, 15) is 4.79 Å². The molecule has 0 saturated carbocycles. The van der Waals surface area contributed by atoms with Gasteiger partial charge in [0.25, 0.3) is 5.95 Å². The number of urea groups is 1. The van der Waals surface area contributed by atoms with Gasteiger partial charge in [0.2, 0.25) is 0 Å². The van der Waals surface area contributed by atoms with Crippen molar-refractivity contribution in [1.29, 1.82) is 0 Å². The Bertz CT molecular complexity index is 605. The molecule has 0 unspecified atom stereocenters. The van der Waals surface area contributed by atoms with Crippen molar-refractivity contribution >= 4 is 29.4 Å². The number of hydrogen-bond donors (Lipinski definition) is 1. The molecule has 1 aliphatic heterocycles. The molecule has 0 aromatic carbocycles. The van der Waals surface area contributed by atoms with Crippen LogP contribution in [0.3, 0.4) is 0 Å². The fourth-order valence-corrected chi connectivity index (χ4v) is 3.36. The fraction of sp³-hybridized carbons (Fsp3) is 0.462. The normalized spacial score (nSPS) is 18.2. The number of hydrogen-bond acceptors (Lipinski definition) is 4. The number of amides is 2. The number of carbonyl (C=O) groups excluding carboxylic acids is 1. The van der Waals surface area contributed by atoms with Gasteiger partial charge in [-0.25, -0.2) is 9.31 Å². The molecule has 2 aromatic heterocycles.